The van der Waals surface area contributed by atoms with E-state index in [9.17, 15) is 9.59 Å². The Morgan fingerprint density at radius 3 is 2.33 bits per heavy atom. The van der Waals surface area contributed by atoms with E-state index in [1.165, 1.54) is 7.11 Å². The van der Waals surface area contributed by atoms with E-state index in [0.717, 1.165) is 19.3 Å². The van der Waals surface area contributed by atoms with Crippen LogP contribution in [0, 0.1) is 0 Å². The van der Waals surface area contributed by atoms with Gasteiger partial charge in [-0.05, 0) is 36.8 Å². The second-order valence-corrected chi connectivity index (χ2v) is 6.11. The molecule has 0 unspecified atom stereocenters. The van der Waals surface area contributed by atoms with Crippen molar-refractivity contribution in [3.05, 3.63) is 48.0 Å². The lowest BCUT2D eigenvalue weighted by Gasteiger charge is -2.12. The third-order valence-electron chi connectivity index (χ3n) is 4.06. The third kappa shape index (κ3) is 6.02. The standard InChI is InChI=1S/C21H26N2O4/c1-4-5-6-10-20(24)22-15-8-7-9-16(13-15)23-21(25)18-12-11-17(26-2)14-19(18)27-3/h7-9,11-14H,4-6,10H2,1-3H3,(H,22,24)(H,23,25). The quantitative estimate of drug-likeness (QED) is 0.638. The molecule has 6 nitrogen and oxygen atoms in total. The van der Waals surface area contributed by atoms with Crippen LogP contribution in [0.5, 0.6) is 11.5 Å². The molecule has 2 N–H and O–H groups in total. The molecule has 0 radical (unpaired) electrons. The zero-order valence-electron chi connectivity index (χ0n) is 16.0. The number of carbonyl (C=O) groups excluding carboxylic acids is 2. The third-order valence-corrected chi connectivity index (χ3v) is 4.06. The van der Waals surface area contributed by atoms with E-state index in [1.54, 1.807) is 49.6 Å². The van der Waals surface area contributed by atoms with Gasteiger partial charge in [-0.3, -0.25) is 9.59 Å². The number of unbranched alkanes of at least 4 members (excludes halogenated alkanes) is 2. The number of ether oxygens (including phenoxy) is 2. The van der Waals surface area contributed by atoms with E-state index >= 15 is 0 Å². The summed E-state index contributed by atoms with van der Waals surface area (Å²) in [5, 5.41) is 5.69. The van der Waals surface area contributed by atoms with Gasteiger partial charge >= 0.3 is 0 Å². The lowest BCUT2D eigenvalue weighted by atomic mass is 10.1. The van der Waals surface area contributed by atoms with Gasteiger partial charge in [0.1, 0.15) is 11.5 Å². The Hall–Kier alpha value is -3.02. The predicted molar refractivity (Wildman–Crippen MR) is 107 cm³/mol. The maximum absolute atomic E-state index is 12.6. The first-order chi connectivity index (χ1) is 13.1. The maximum Gasteiger partial charge on any atom is 0.259 e. The summed E-state index contributed by atoms with van der Waals surface area (Å²) in [4.78, 5) is 24.5. The van der Waals surface area contributed by atoms with Crippen molar-refractivity contribution >= 4 is 23.2 Å². The topological polar surface area (TPSA) is 76.7 Å². The molecule has 6 heteroatoms. The Balaban J connectivity index is 2.05. The first kappa shape index (κ1) is 20.3. The highest BCUT2D eigenvalue weighted by atomic mass is 16.5. The van der Waals surface area contributed by atoms with Crippen LogP contribution in [0.15, 0.2) is 42.5 Å². The molecule has 0 aromatic heterocycles. The van der Waals surface area contributed by atoms with Crippen LogP contribution < -0.4 is 20.1 Å². The average molecular weight is 370 g/mol. The minimum Gasteiger partial charge on any atom is -0.497 e. The molecule has 27 heavy (non-hydrogen) atoms. The number of anilines is 2. The number of methoxy groups -OCH3 is 2. The van der Waals surface area contributed by atoms with Gasteiger partial charge in [0.15, 0.2) is 0 Å². The normalized spacial score (nSPS) is 10.2. The van der Waals surface area contributed by atoms with Gasteiger partial charge < -0.3 is 20.1 Å². The van der Waals surface area contributed by atoms with E-state index in [4.69, 9.17) is 9.47 Å². The molecule has 144 valence electrons. The number of nitrogens with one attached hydrogen (secondary N) is 2. The van der Waals surface area contributed by atoms with Gasteiger partial charge in [0.25, 0.3) is 5.91 Å². The van der Waals surface area contributed by atoms with E-state index in [1.807, 2.05) is 0 Å². The Bertz CT molecular complexity index is 790. The lowest BCUT2D eigenvalue weighted by molar-refractivity contribution is -0.116. The van der Waals surface area contributed by atoms with Crippen LogP contribution in [0.2, 0.25) is 0 Å². The molecular formula is C21H26N2O4. The van der Waals surface area contributed by atoms with Gasteiger partial charge in [-0.25, -0.2) is 0 Å². The Morgan fingerprint density at radius 1 is 0.926 bits per heavy atom. The Kier molecular flexibility index (Phi) is 7.67. The van der Waals surface area contributed by atoms with Crippen LogP contribution in [0.4, 0.5) is 11.4 Å². The van der Waals surface area contributed by atoms with E-state index in [2.05, 4.69) is 17.6 Å². The molecule has 0 bridgehead atoms. The first-order valence-corrected chi connectivity index (χ1v) is 9.00. The van der Waals surface area contributed by atoms with Gasteiger partial charge in [0, 0.05) is 23.9 Å². The molecule has 0 saturated heterocycles. The molecule has 2 rings (SSSR count). The van der Waals surface area contributed by atoms with Crippen LogP contribution in [-0.4, -0.2) is 26.0 Å². The van der Waals surface area contributed by atoms with Crippen molar-refractivity contribution in [1.82, 2.24) is 0 Å². The Morgan fingerprint density at radius 2 is 1.67 bits per heavy atom. The second-order valence-electron chi connectivity index (χ2n) is 6.11. The number of amides is 2. The zero-order chi connectivity index (χ0) is 19.6. The minimum absolute atomic E-state index is 0.0243. The molecule has 0 aliphatic rings. The SMILES string of the molecule is CCCCCC(=O)Nc1cccc(NC(=O)c2ccc(OC)cc2OC)c1. The molecule has 0 heterocycles. The van der Waals surface area contributed by atoms with Crippen molar-refractivity contribution in [3.8, 4) is 11.5 Å². The van der Waals surface area contributed by atoms with Gasteiger partial charge in [-0.2, -0.15) is 0 Å². The number of hydrogen-bond donors (Lipinski definition) is 2. The first-order valence-electron chi connectivity index (χ1n) is 9.00. The van der Waals surface area contributed by atoms with Crippen LogP contribution in [0.25, 0.3) is 0 Å². The van der Waals surface area contributed by atoms with Crippen LogP contribution in [0.3, 0.4) is 0 Å². The molecular weight excluding hydrogens is 344 g/mol. The van der Waals surface area contributed by atoms with Crippen LogP contribution in [0.1, 0.15) is 43.0 Å². The molecule has 0 aliphatic heterocycles. The van der Waals surface area contributed by atoms with Gasteiger partial charge in [0.2, 0.25) is 5.91 Å². The molecule has 0 saturated carbocycles. The number of rotatable bonds is 9. The highest BCUT2D eigenvalue weighted by Gasteiger charge is 2.14. The van der Waals surface area contributed by atoms with Gasteiger partial charge in [-0.15, -0.1) is 0 Å². The van der Waals surface area contributed by atoms with Gasteiger partial charge in [0.05, 0.1) is 19.8 Å². The van der Waals surface area contributed by atoms with Crippen molar-refractivity contribution in [2.45, 2.75) is 32.6 Å². The molecule has 2 aromatic rings. The fraction of sp³-hybridized carbons (Fsp3) is 0.333. The van der Waals surface area contributed by atoms with E-state index in [0.29, 0.717) is 34.9 Å². The highest BCUT2D eigenvalue weighted by molar-refractivity contribution is 6.06. The predicted octanol–water partition coefficient (Wildman–Crippen LogP) is 4.47. The van der Waals surface area contributed by atoms with Crippen molar-refractivity contribution in [2.24, 2.45) is 0 Å². The molecule has 2 amide bonds. The average Bonchev–Trinajstić information content (AvgIpc) is 2.67. The summed E-state index contributed by atoms with van der Waals surface area (Å²) in [6, 6.07) is 12.1. The van der Waals surface area contributed by atoms with Crippen molar-refractivity contribution in [2.75, 3.05) is 24.9 Å². The second kappa shape index (κ2) is 10.2. The molecule has 0 atom stereocenters. The zero-order valence-corrected chi connectivity index (χ0v) is 16.0. The highest BCUT2D eigenvalue weighted by Crippen LogP contribution is 2.26. The molecule has 0 spiro atoms. The van der Waals surface area contributed by atoms with E-state index < -0.39 is 0 Å². The summed E-state index contributed by atoms with van der Waals surface area (Å²) in [6.45, 7) is 2.10. The number of carbonyl (C=O) groups is 2. The van der Waals surface area contributed by atoms with E-state index in [-0.39, 0.29) is 11.8 Å². The molecule has 0 aliphatic carbocycles. The summed E-state index contributed by atoms with van der Waals surface area (Å²) >= 11 is 0. The maximum atomic E-state index is 12.6. The largest absolute Gasteiger partial charge is 0.497 e. The minimum atomic E-state index is -0.305. The fourth-order valence-corrected chi connectivity index (χ4v) is 2.62. The summed E-state index contributed by atoms with van der Waals surface area (Å²) in [5.74, 6) is 0.702. The van der Waals surface area contributed by atoms with Crippen molar-refractivity contribution < 1.29 is 19.1 Å². The summed E-state index contributed by atoms with van der Waals surface area (Å²) in [6.07, 6.45) is 3.47. The summed E-state index contributed by atoms with van der Waals surface area (Å²) < 4.78 is 10.4. The van der Waals surface area contributed by atoms with Crippen molar-refractivity contribution in [1.29, 1.82) is 0 Å². The van der Waals surface area contributed by atoms with Crippen LogP contribution >= 0.6 is 0 Å². The fourth-order valence-electron chi connectivity index (χ4n) is 2.62. The molecule has 0 fully saturated rings. The Labute approximate surface area is 159 Å². The monoisotopic (exact) mass is 370 g/mol. The smallest absolute Gasteiger partial charge is 0.259 e. The summed E-state index contributed by atoms with van der Waals surface area (Å²) in [5.41, 5.74) is 1.63. The summed E-state index contributed by atoms with van der Waals surface area (Å²) in [7, 11) is 3.05. The number of benzene rings is 2. The van der Waals surface area contributed by atoms with Gasteiger partial charge in [-0.1, -0.05) is 25.8 Å². The van der Waals surface area contributed by atoms with Crippen LogP contribution in [-0.2, 0) is 4.79 Å². The van der Waals surface area contributed by atoms with Crippen molar-refractivity contribution in [3.63, 3.8) is 0 Å². The lowest BCUT2D eigenvalue weighted by Crippen LogP contribution is -2.14. The number of hydrogen-bond acceptors (Lipinski definition) is 4. The molecule has 2 aromatic carbocycles.